The molecular weight excluding hydrogens is 556 g/mol. The van der Waals surface area contributed by atoms with E-state index in [4.69, 9.17) is 9.73 Å². The second-order valence-electron chi connectivity index (χ2n) is 13.5. The van der Waals surface area contributed by atoms with Gasteiger partial charge in [0.25, 0.3) is 5.91 Å². The van der Waals surface area contributed by atoms with Crippen molar-refractivity contribution in [3.05, 3.63) is 112 Å². The number of β-lactam (4-membered cyclic amide) rings is 1. The van der Waals surface area contributed by atoms with E-state index in [0.717, 1.165) is 27.8 Å². The van der Waals surface area contributed by atoms with Gasteiger partial charge in [0.05, 0.1) is 0 Å². The molecule has 6 nitrogen and oxygen atoms in total. The van der Waals surface area contributed by atoms with Crippen LogP contribution in [0.3, 0.4) is 0 Å². The first-order valence-electron chi connectivity index (χ1n) is 14.6. The average molecular weight is 597 g/mol. The third-order valence-electron chi connectivity index (χ3n) is 8.08. The van der Waals surface area contributed by atoms with Crippen molar-refractivity contribution in [2.24, 2.45) is 4.99 Å². The standard InChI is InChI=1S/C36H40N2O4S/c1-34(2,3)26-20-23(21-27(29(26)39)35(4,5)6)22-37-36(7)32(41)38-28(18-19-43-33(36)38)31(40)42-30(24-14-10-8-11-15-24)25-16-12-9-13-17-25/h8-22,28,30,33,39H,1-7H3/t28?,33-,36+/m0/s1. The number of phenols is 1. The van der Waals surface area contributed by atoms with Gasteiger partial charge < -0.3 is 14.7 Å². The number of hydrogen-bond acceptors (Lipinski definition) is 6. The maximum absolute atomic E-state index is 13.7. The van der Waals surface area contributed by atoms with Gasteiger partial charge in [-0.3, -0.25) is 9.79 Å². The van der Waals surface area contributed by atoms with Gasteiger partial charge in [-0.15, -0.1) is 11.8 Å². The first-order valence-corrected chi connectivity index (χ1v) is 15.5. The third-order valence-corrected chi connectivity index (χ3v) is 9.34. The number of carbonyl (C=O) groups is 2. The molecule has 1 saturated heterocycles. The lowest BCUT2D eigenvalue weighted by atomic mass is 9.78. The smallest absolute Gasteiger partial charge is 0.333 e. The highest BCUT2D eigenvalue weighted by molar-refractivity contribution is 8.03. The van der Waals surface area contributed by atoms with E-state index in [2.05, 4.69) is 41.5 Å². The van der Waals surface area contributed by atoms with Crippen LogP contribution in [0.15, 0.2) is 89.3 Å². The highest BCUT2D eigenvalue weighted by atomic mass is 32.2. The molecule has 224 valence electrons. The monoisotopic (exact) mass is 596 g/mol. The highest BCUT2D eigenvalue weighted by Crippen LogP contribution is 2.47. The van der Waals surface area contributed by atoms with Gasteiger partial charge in [-0.1, -0.05) is 102 Å². The lowest BCUT2D eigenvalue weighted by Gasteiger charge is -2.54. The Hall–Kier alpha value is -3.84. The molecule has 1 fully saturated rings. The van der Waals surface area contributed by atoms with E-state index in [1.807, 2.05) is 85.1 Å². The van der Waals surface area contributed by atoms with Crippen LogP contribution in [-0.4, -0.2) is 45.1 Å². The minimum Gasteiger partial charge on any atom is -0.507 e. The summed E-state index contributed by atoms with van der Waals surface area (Å²) < 4.78 is 6.11. The molecule has 1 amide bonds. The molecule has 3 aromatic carbocycles. The number of rotatable bonds is 6. The number of ether oxygens (including phenoxy) is 1. The largest absolute Gasteiger partial charge is 0.507 e. The molecule has 7 heteroatoms. The summed E-state index contributed by atoms with van der Waals surface area (Å²) in [6.07, 6.45) is 2.86. The van der Waals surface area contributed by atoms with Crippen LogP contribution in [0.5, 0.6) is 5.75 Å². The van der Waals surface area contributed by atoms with Crippen molar-refractivity contribution < 1.29 is 19.4 Å². The van der Waals surface area contributed by atoms with E-state index in [-0.39, 0.29) is 22.1 Å². The predicted molar refractivity (Wildman–Crippen MR) is 173 cm³/mol. The average Bonchev–Trinajstić information content (AvgIpc) is 2.98. The molecule has 3 atom stereocenters. The minimum atomic E-state index is -1.05. The molecule has 0 spiro atoms. The van der Waals surface area contributed by atoms with Gasteiger partial charge in [0.15, 0.2) is 11.6 Å². The molecule has 1 unspecified atom stereocenters. The number of fused-ring (bicyclic) bond motifs is 1. The van der Waals surface area contributed by atoms with Gasteiger partial charge in [0.2, 0.25) is 0 Å². The van der Waals surface area contributed by atoms with E-state index < -0.39 is 23.7 Å². The first-order chi connectivity index (χ1) is 20.2. The number of hydrogen-bond donors (Lipinski definition) is 1. The van der Waals surface area contributed by atoms with Crippen molar-refractivity contribution >= 4 is 29.9 Å². The van der Waals surface area contributed by atoms with Gasteiger partial charge >= 0.3 is 5.97 Å². The molecule has 2 heterocycles. The minimum absolute atomic E-state index is 0.227. The fourth-order valence-corrected chi connectivity index (χ4v) is 6.77. The van der Waals surface area contributed by atoms with E-state index in [0.29, 0.717) is 5.75 Å². The summed E-state index contributed by atoms with van der Waals surface area (Å²) >= 11 is 1.47. The lowest BCUT2D eigenvalue weighted by molar-refractivity contribution is -0.167. The van der Waals surface area contributed by atoms with Gasteiger partial charge in [-0.05, 0) is 58.1 Å². The Balaban J connectivity index is 1.40. The summed E-state index contributed by atoms with van der Waals surface area (Å²) in [6, 6.07) is 22.3. The Morgan fingerprint density at radius 1 is 0.953 bits per heavy atom. The van der Waals surface area contributed by atoms with E-state index >= 15 is 0 Å². The molecule has 0 saturated carbocycles. The maximum Gasteiger partial charge on any atom is 0.333 e. The van der Waals surface area contributed by atoms with Gasteiger partial charge in [-0.2, -0.15) is 0 Å². The second-order valence-corrected chi connectivity index (χ2v) is 14.5. The zero-order valence-electron chi connectivity index (χ0n) is 25.9. The number of phenolic OH excluding ortho intramolecular Hbond substituents is 1. The molecular formula is C36H40N2O4S. The van der Waals surface area contributed by atoms with Crippen molar-refractivity contribution in [1.29, 1.82) is 0 Å². The fraction of sp³-hybridized carbons (Fsp3) is 0.361. The van der Waals surface area contributed by atoms with E-state index in [1.54, 1.807) is 17.2 Å². The molecule has 2 aliphatic rings. The molecule has 3 aromatic rings. The molecule has 5 rings (SSSR count). The maximum atomic E-state index is 13.7. The Morgan fingerprint density at radius 2 is 1.47 bits per heavy atom. The number of amides is 1. The molecule has 1 N–H and O–H groups in total. The van der Waals surface area contributed by atoms with Crippen LogP contribution in [0.2, 0.25) is 0 Å². The van der Waals surface area contributed by atoms with Crippen LogP contribution in [0, 0.1) is 0 Å². The molecule has 0 bridgehead atoms. The van der Waals surface area contributed by atoms with Crippen molar-refractivity contribution in [3.63, 3.8) is 0 Å². The number of aromatic hydroxyl groups is 1. The molecule has 0 aliphatic carbocycles. The first kappa shape index (κ1) is 30.6. The number of carbonyl (C=O) groups excluding carboxylic acids is 2. The van der Waals surface area contributed by atoms with Crippen LogP contribution in [-0.2, 0) is 25.2 Å². The zero-order valence-corrected chi connectivity index (χ0v) is 26.7. The van der Waals surface area contributed by atoms with Gasteiger partial charge in [0.1, 0.15) is 17.2 Å². The Bertz CT molecular complexity index is 1500. The third kappa shape index (κ3) is 5.87. The molecule has 2 aliphatic heterocycles. The number of thioether (sulfide) groups is 1. The van der Waals surface area contributed by atoms with Gasteiger partial charge in [-0.25, -0.2) is 4.79 Å². The number of esters is 1. The van der Waals surface area contributed by atoms with E-state index in [9.17, 15) is 14.7 Å². The number of benzene rings is 3. The normalized spacial score (nSPS) is 22.0. The topological polar surface area (TPSA) is 79.2 Å². The summed E-state index contributed by atoms with van der Waals surface area (Å²) in [6.45, 7) is 14.2. The summed E-state index contributed by atoms with van der Waals surface area (Å²) in [5.41, 5.74) is 2.58. The van der Waals surface area contributed by atoms with Crippen LogP contribution >= 0.6 is 11.8 Å². The quantitative estimate of drug-likeness (QED) is 0.184. The summed E-state index contributed by atoms with van der Waals surface area (Å²) in [7, 11) is 0. The van der Waals surface area contributed by atoms with Crippen molar-refractivity contribution in [2.75, 3.05) is 0 Å². The molecule has 0 aromatic heterocycles. The van der Waals surface area contributed by atoms with Crippen molar-refractivity contribution in [3.8, 4) is 5.75 Å². The summed E-state index contributed by atoms with van der Waals surface area (Å²) in [4.78, 5) is 33.7. The van der Waals surface area contributed by atoms with Crippen LogP contribution in [0.25, 0.3) is 0 Å². The van der Waals surface area contributed by atoms with Crippen LogP contribution < -0.4 is 0 Å². The number of aliphatic imine (C=N–C) groups is 1. The van der Waals surface area contributed by atoms with E-state index in [1.165, 1.54) is 11.8 Å². The molecule has 43 heavy (non-hydrogen) atoms. The van der Waals surface area contributed by atoms with Crippen molar-refractivity contribution in [1.82, 2.24) is 4.90 Å². The Morgan fingerprint density at radius 3 is 1.95 bits per heavy atom. The van der Waals surface area contributed by atoms with Gasteiger partial charge in [0, 0.05) is 17.3 Å². The Kier molecular flexibility index (Phi) is 8.07. The molecule has 0 radical (unpaired) electrons. The second kappa shape index (κ2) is 11.3. The van der Waals surface area contributed by atoms with Crippen molar-refractivity contribution in [2.45, 2.75) is 82.4 Å². The summed E-state index contributed by atoms with van der Waals surface area (Å²) in [5.74, 6) is -0.413. The number of nitrogens with zero attached hydrogens (tertiary/aromatic N) is 2. The SMILES string of the molecule is CC(C)(C)c1cc(C=N[C@]2(C)C(=O)N3C(C(=O)OC(c4ccccc4)c4ccccc4)C=CS[C@H]32)cc(C(C)(C)C)c1O. The predicted octanol–water partition coefficient (Wildman–Crippen LogP) is 7.30. The van der Waals surface area contributed by atoms with Crippen LogP contribution in [0.4, 0.5) is 0 Å². The highest BCUT2D eigenvalue weighted by Gasteiger charge is 2.62. The summed E-state index contributed by atoms with van der Waals surface area (Å²) in [5, 5.41) is 12.6. The Labute approximate surface area is 258 Å². The zero-order chi connectivity index (χ0) is 31.2. The lowest BCUT2D eigenvalue weighted by Crippen LogP contribution is -2.74. The van der Waals surface area contributed by atoms with Crippen LogP contribution in [0.1, 0.15) is 82.4 Å². The fourth-order valence-electron chi connectivity index (χ4n) is 5.60.